The highest BCUT2D eigenvalue weighted by molar-refractivity contribution is 5.99. The molecule has 0 radical (unpaired) electrons. The second-order valence-corrected chi connectivity index (χ2v) is 5.49. The summed E-state index contributed by atoms with van der Waals surface area (Å²) in [6.45, 7) is 1.70. The molecule has 2 aromatic rings. The lowest BCUT2D eigenvalue weighted by atomic mass is 10.0. The number of aromatic nitrogens is 1. The zero-order valence-electron chi connectivity index (χ0n) is 14.5. The second kappa shape index (κ2) is 8.11. The van der Waals surface area contributed by atoms with Gasteiger partial charge in [-0.15, -0.1) is 0 Å². The van der Waals surface area contributed by atoms with Crippen LogP contribution >= 0.6 is 0 Å². The minimum Gasteiger partial charge on any atom is -0.467 e. The molecule has 2 aromatic heterocycles. The lowest BCUT2D eigenvalue weighted by Crippen LogP contribution is -2.48. The van der Waals surface area contributed by atoms with E-state index in [1.165, 1.54) is 6.20 Å². The molecule has 1 atom stereocenters. The summed E-state index contributed by atoms with van der Waals surface area (Å²) >= 11 is 0. The smallest absolute Gasteiger partial charge is 0.467 e. The molecule has 0 unspecified atom stereocenters. The monoisotopic (exact) mass is 386 g/mol. The Morgan fingerprint density at radius 3 is 2.56 bits per heavy atom. The minimum absolute atomic E-state index is 0.0910. The molecule has 0 aliphatic heterocycles. The topological polar surface area (TPSA) is 86.1 Å². The van der Waals surface area contributed by atoms with Crippen molar-refractivity contribution in [1.82, 2.24) is 9.72 Å². The van der Waals surface area contributed by atoms with Crippen molar-refractivity contribution in [3.63, 3.8) is 0 Å². The first-order valence-electron chi connectivity index (χ1n) is 7.90. The van der Waals surface area contributed by atoms with E-state index in [1.54, 1.807) is 41.0 Å². The van der Waals surface area contributed by atoms with E-state index in [1.807, 2.05) is 0 Å². The van der Waals surface area contributed by atoms with E-state index in [0.29, 0.717) is 5.52 Å². The van der Waals surface area contributed by atoms with Crippen LogP contribution in [0.15, 0.2) is 30.6 Å². The standard InChI is InChI=1S/C17H17F3N2O5/c1-3-27-15(24)13-10(9-22-7-5-4-6-12(13)22)8-11(14(23)26-2)21-16(25)17(18,19)20/h4-7,9,11H,3,8H2,1-2H3,(H,21,25)/t11-/m0/s1. The predicted octanol–water partition coefficient (Wildman–Crippen LogP) is 1.88. The van der Waals surface area contributed by atoms with Crippen LogP contribution in [0, 0.1) is 0 Å². The highest BCUT2D eigenvalue weighted by Crippen LogP contribution is 2.22. The summed E-state index contributed by atoms with van der Waals surface area (Å²) in [6.07, 6.45) is -2.44. The van der Waals surface area contributed by atoms with Gasteiger partial charge in [-0.2, -0.15) is 13.2 Å². The van der Waals surface area contributed by atoms with Gasteiger partial charge in [0.25, 0.3) is 0 Å². The van der Waals surface area contributed by atoms with Gasteiger partial charge >= 0.3 is 24.0 Å². The van der Waals surface area contributed by atoms with Gasteiger partial charge in [-0.3, -0.25) is 4.79 Å². The summed E-state index contributed by atoms with van der Waals surface area (Å²) in [5.41, 5.74) is 0.793. The van der Waals surface area contributed by atoms with Crippen LogP contribution in [0.5, 0.6) is 0 Å². The van der Waals surface area contributed by atoms with E-state index in [-0.39, 0.29) is 24.2 Å². The Morgan fingerprint density at radius 1 is 1.26 bits per heavy atom. The number of carbonyl (C=O) groups excluding carboxylic acids is 3. The summed E-state index contributed by atoms with van der Waals surface area (Å²) in [6, 6.07) is 3.35. The number of nitrogens with zero attached hydrogens (tertiary/aromatic N) is 1. The Kier molecular flexibility index (Phi) is 6.09. The Hall–Kier alpha value is -3.04. The van der Waals surface area contributed by atoms with Crippen LogP contribution in [0.2, 0.25) is 0 Å². The zero-order valence-corrected chi connectivity index (χ0v) is 14.5. The molecule has 0 aliphatic carbocycles. The number of rotatable bonds is 6. The van der Waals surface area contributed by atoms with Gasteiger partial charge in [0.15, 0.2) is 0 Å². The van der Waals surface area contributed by atoms with E-state index >= 15 is 0 Å². The van der Waals surface area contributed by atoms with Gasteiger partial charge in [0, 0.05) is 18.8 Å². The molecule has 0 fully saturated rings. The van der Waals surface area contributed by atoms with Crippen molar-refractivity contribution in [1.29, 1.82) is 0 Å². The third-order valence-corrected chi connectivity index (χ3v) is 3.71. The number of hydrogen-bond acceptors (Lipinski definition) is 5. The first-order valence-corrected chi connectivity index (χ1v) is 7.90. The molecule has 146 valence electrons. The van der Waals surface area contributed by atoms with E-state index < -0.39 is 30.1 Å². The van der Waals surface area contributed by atoms with E-state index in [4.69, 9.17) is 4.74 Å². The number of halogens is 3. The predicted molar refractivity (Wildman–Crippen MR) is 87.1 cm³/mol. The fourth-order valence-corrected chi connectivity index (χ4v) is 2.57. The van der Waals surface area contributed by atoms with E-state index in [9.17, 15) is 27.6 Å². The second-order valence-electron chi connectivity index (χ2n) is 5.49. The molecule has 0 aromatic carbocycles. The van der Waals surface area contributed by atoms with Crippen molar-refractivity contribution in [2.75, 3.05) is 13.7 Å². The Balaban J connectivity index is 2.43. The highest BCUT2D eigenvalue weighted by Gasteiger charge is 2.41. The molecule has 0 saturated heterocycles. The molecule has 10 heteroatoms. The highest BCUT2D eigenvalue weighted by atomic mass is 19.4. The largest absolute Gasteiger partial charge is 0.471 e. The van der Waals surface area contributed by atoms with Gasteiger partial charge in [-0.05, 0) is 24.6 Å². The molecule has 1 N–H and O–H groups in total. The van der Waals surface area contributed by atoms with Crippen LogP contribution in [0.3, 0.4) is 0 Å². The summed E-state index contributed by atoms with van der Waals surface area (Å²) in [5.74, 6) is -4.04. The van der Waals surface area contributed by atoms with Gasteiger partial charge in [0.2, 0.25) is 0 Å². The molecule has 27 heavy (non-hydrogen) atoms. The van der Waals surface area contributed by atoms with Crippen molar-refractivity contribution in [2.45, 2.75) is 25.6 Å². The fraction of sp³-hybridized carbons (Fsp3) is 0.353. The molecular formula is C17H17F3N2O5. The van der Waals surface area contributed by atoms with Gasteiger partial charge in [0.1, 0.15) is 6.04 Å². The lowest BCUT2D eigenvalue weighted by Gasteiger charge is -2.17. The van der Waals surface area contributed by atoms with Gasteiger partial charge in [-0.25, -0.2) is 9.59 Å². The quantitative estimate of drug-likeness (QED) is 0.767. The first-order chi connectivity index (χ1) is 12.7. The first kappa shape index (κ1) is 20.3. The number of alkyl halides is 3. The fourth-order valence-electron chi connectivity index (χ4n) is 2.57. The van der Waals surface area contributed by atoms with Crippen LogP contribution in [0.1, 0.15) is 22.8 Å². The average molecular weight is 386 g/mol. The maximum absolute atomic E-state index is 12.5. The number of hydrogen-bond donors (Lipinski definition) is 1. The van der Waals surface area contributed by atoms with Gasteiger partial charge in [0.05, 0.1) is 24.8 Å². The maximum Gasteiger partial charge on any atom is 0.471 e. The number of carbonyl (C=O) groups is 3. The van der Waals surface area contributed by atoms with Crippen molar-refractivity contribution >= 4 is 23.4 Å². The van der Waals surface area contributed by atoms with Crippen LogP contribution in [0.4, 0.5) is 13.2 Å². The summed E-state index contributed by atoms with van der Waals surface area (Å²) in [4.78, 5) is 35.4. The number of pyridine rings is 1. The Morgan fingerprint density at radius 2 is 1.96 bits per heavy atom. The average Bonchev–Trinajstić information content (AvgIpc) is 2.97. The van der Waals surface area contributed by atoms with E-state index in [0.717, 1.165) is 7.11 Å². The number of amides is 1. The van der Waals surface area contributed by atoms with Crippen molar-refractivity contribution in [2.24, 2.45) is 0 Å². The van der Waals surface area contributed by atoms with E-state index in [2.05, 4.69) is 4.74 Å². The molecule has 7 nitrogen and oxygen atoms in total. The molecule has 0 spiro atoms. The summed E-state index contributed by atoms with van der Waals surface area (Å²) in [7, 11) is 0.984. The number of methoxy groups -OCH3 is 1. The molecule has 0 saturated carbocycles. The minimum atomic E-state index is -5.16. The molecule has 2 heterocycles. The SMILES string of the molecule is CCOC(=O)c1c(C[C@H](NC(=O)C(F)(F)F)C(=O)OC)cn2ccccc12. The van der Waals surface area contributed by atoms with Crippen molar-refractivity contribution in [3.8, 4) is 0 Å². The maximum atomic E-state index is 12.5. The Labute approximate surface area is 152 Å². The van der Waals surface area contributed by atoms with Crippen LogP contribution in [-0.4, -0.2) is 48.2 Å². The van der Waals surface area contributed by atoms with Gasteiger partial charge in [-0.1, -0.05) is 6.07 Å². The van der Waals surface area contributed by atoms with Crippen molar-refractivity contribution in [3.05, 3.63) is 41.7 Å². The normalized spacial score (nSPS) is 12.5. The number of ether oxygens (including phenoxy) is 2. The number of nitrogens with one attached hydrogen (secondary N) is 1. The molecule has 2 rings (SSSR count). The molecule has 0 bridgehead atoms. The molecule has 0 aliphatic rings. The molecular weight excluding hydrogens is 369 g/mol. The number of esters is 2. The van der Waals surface area contributed by atoms with Crippen LogP contribution in [-0.2, 0) is 25.5 Å². The van der Waals surface area contributed by atoms with Crippen molar-refractivity contribution < 1.29 is 37.0 Å². The Bertz CT molecular complexity index is 860. The van der Waals surface area contributed by atoms with Crippen LogP contribution < -0.4 is 5.32 Å². The zero-order chi connectivity index (χ0) is 20.2. The third kappa shape index (κ3) is 4.57. The van der Waals surface area contributed by atoms with Gasteiger partial charge < -0.3 is 19.2 Å². The summed E-state index contributed by atoms with van der Waals surface area (Å²) < 4.78 is 48.7. The molecule has 1 amide bonds. The lowest BCUT2D eigenvalue weighted by molar-refractivity contribution is -0.175. The number of fused-ring (bicyclic) bond motifs is 1. The third-order valence-electron chi connectivity index (χ3n) is 3.71. The van der Waals surface area contributed by atoms with Crippen LogP contribution in [0.25, 0.3) is 5.52 Å². The summed E-state index contributed by atoms with van der Waals surface area (Å²) in [5, 5.41) is 1.60.